The molecule has 0 bridgehead atoms. The van der Waals surface area contributed by atoms with Crippen LogP contribution in [0, 0.1) is 25.2 Å². The van der Waals surface area contributed by atoms with E-state index in [1.165, 1.54) is 16.8 Å². The fourth-order valence-electron chi connectivity index (χ4n) is 1.33. The molecule has 14 heavy (non-hydrogen) atoms. The fourth-order valence-corrected chi connectivity index (χ4v) is 1.33. The molecule has 1 rings (SSSR count). The highest BCUT2D eigenvalue weighted by Gasteiger charge is 1.98. The molecule has 0 aliphatic carbocycles. The van der Waals surface area contributed by atoms with Gasteiger partial charge in [0.15, 0.2) is 0 Å². The van der Waals surface area contributed by atoms with Gasteiger partial charge in [0.05, 0.1) is 6.07 Å². The zero-order chi connectivity index (χ0) is 10.4. The van der Waals surface area contributed by atoms with E-state index in [9.17, 15) is 0 Å². The maximum Gasteiger partial charge on any atom is 0.0622 e. The number of nitrogens with one attached hydrogen (secondary N) is 1. The molecule has 0 radical (unpaired) electrons. The summed E-state index contributed by atoms with van der Waals surface area (Å²) in [5, 5.41) is 11.7. The summed E-state index contributed by atoms with van der Waals surface area (Å²) in [5.41, 5.74) is 3.78. The smallest absolute Gasteiger partial charge is 0.0622 e. The van der Waals surface area contributed by atoms with E-state index in [-0.39, 0.29) is 0 Å². The van der Waals surface area contributed by atoms with Gasteiger partial charge in [-0.2, -0.15) is 5.26 Å². The van der Waals surface area contributed by atoms with Crippen LogP contribution in [0.25, 0.3) is 0 Å². The Hall–Kier alpha value is -1.49. The minimum Gasteiger partial charge on any atom is -0.385 e. The molecule has 0 atom stereocenters. The molecule has 1 N–H and O–H groups in total. The lowest BCUT2D eigenvalue weighted by Gasteiger charge is -2.10. The van der Waals surface area contributed by atoms with Gasteiger partial charge in [-0.1, -0.05) is 12.1 Å². The van der Waals surface area contributed by atoms with Crippen molar-refractivity contribution in [1.29, 1.82) is 5.26 Å². The zero-order valence-corrected chi connectivity index (χ0v) is 8.80. The van der Waals surface area contributed by atoms with Crippen molar-refractivity contribution in [2.24, 2.45) is 0 Å². The SMILES string of the molecule is Cc1cccc(NCCCC#N)c1C. The predicted octanol–water partition coefficient (Wildman–Crippen LogP) is 3.02. The van der Waals surface area contributed by atoms with Crippen molar-refractivity contribution in [2.75, 3.05) is 11.9 Å². The monoisotopic (exact) mass is 188 g/mol. The summed E-state index contributed by atoms with van der Waals surface area (Å²) in [6, 6.07) is 8.38. The molecule has 0 saturated heterocycles. The standard InChI is InChI=1S/C12H16N2/c1-10-6-5-7-12(11(10)2)14-9-4-3-8-13/h5-7,14H,3-4,9H2,1-2H3. The molecule has 2 heteroatoms. The van der Waals surface area contributed by atoms with Gasteiger partial charge in [0.2, 0.25) is 0 Å². The first-order valence-electron chi connectivity index (χ1n) is 4.92. The number of rotatable bonds is 4. The molecule has 0 spiro atoms. The maximum absolute atomic E-state index is 8.38. The summed E-state index contributed by atoms with van der Waals surface area (Å²) >= 11 is 0. The predicted molar refractivity (Wildman–Crippen MR) is 59.3 cm³/mol. The molecule has 74 valence electrons. The lowest BCUT2D eigenvalue weighted by molar-refractivity contribution is 0.896. The van der Waals surface area contributed by atoms with E-state index in [0.717, 1.165) is 13.0 Å². The van der Waals surface area contributed by atoms with Crippen LogP contribution in [0.1, 0.15) is 24.0 Å². The van der Waals surface area contributed by atoms with Crippen molar-refractivity contribution in [3.8, 4) is 6.07 Å². The number of benzene rings is 1. The Kier molecular flexibility index (Phi) is 4.00. The summed E-state index contributed by atoms with van der Waals surface area (Å²) in [6.45, 7) is 5.09. The summed E-state index contributed by atoms with van der Waals surface area (Å²) in [7, 11) is 0. The highest BCUT2D eigenvalue weighted by molar-refractivity contribution is 5.53. The van der Waals surface area contributed by atoms with Crippen LogP contribution in [-0.2, 0) is 0 Å². The van der Waals surface area contributed by atoms with Gasteiger partial charge in [0.25, 0.3) is 0 Å². The number of nitrogens with zero attached hydrogens (tertiary/aromatic N) is 1. The molecular weight excluding hydrogens is 172 g/mol. The van der Waals surface area contributed by atoms with Crippen LogP contribution in [0.4, 0.5) is 5.69 Å². The van der Waals surface area contributed by atoms with Crippen molar-refractivity contribution in [1.82, 2.24) is 0 Å². The van der Waals surface area contributed by atoms with E-state index < -0.39 is 0 Å². The van der Waals surface area contributed by atoms with Gasteiger partial charge in [0.1, 0.15) is 0 Å². The van der Waals surface area contributed by atoms with Crippen LogP contribution >= 0.6 is 0 Å². The van der Waals surface area contributed by atoms with Crippen molar-refractivity contribution in [3.05, 3.63) is 29.3 Å². The number of hydrogen-bond donors (Lipinski definition) is 1. The number of anilines is 1. The van der Waals surface area contributed by atoms with Gasteiger partial charge in [-0.15, -0.1) is 0 Å². The summed E-state index contributed by atoms with van der Waals surface area (Å²) in [4.78, 5) is 0. The topological polar surface area (TPSA) is 35.8 Å². The van der Waals surface area contributed by atoms with E-state index in [0.29, 0.717) is 6.42 Å². The molecule has 0 saturated carbocycles. The number of aryl methyl sites for hydroxylation is 1. The van der Waals surface area contributed by atoms with Crippen LogP contribution in [0.5, 0.6) is 0 Å². The third kappa shape index (κ3) is 2.77. The minimum atomic E-state index is 0.623. The molecule has 0 aliphatic heterocycles. The molecule has 0 aliphatic rings. The minimum absolute atomic E-state index is 0.623. The number of nitriles is 1. The number of hydrogen-bond acceptors (Lipinski definition) is 2. The van der Waals surface area contributed by atoms with Crippen molar-refractivity contribution >= 4 is 5.69 Å². The summed E-state index contributed by atoms with van der Waals surface area (Å²) < 4.78 is 0. The second-order valence-corrected chi connectivity index (χ2v) is 3.44. The van der Waals surface area contributed by atoms with Crippen LogP contribution in [0.3, 0.4) is 0 Å². The molecule has 0 amide bonds. The molecule has 0 fully saturated rings. The first-order valence-corrected chi connectivity index (χ1v) is 4.92. The normalized spacial score (nSPS) is 9.50. The molecule has 0 heterocycles. The van der Waals surface area contributed by atoms with Gasteiger partial charge < -0.3 is 5.32 Å². The van der Waals surface area contributed by atoms with E-state index in [4.69, 9.17) is 5.26 Å². The quantitative estimate of drug-likeness (QED) is 0.737. The fraction of sp³-hybridized carbons (Fsp3) is 0.417. The van der Waals surface area contributed by atoms with E-state index >= 15 is 0 Å². The molecular formula is C12H16N2. The van der Waals surface area contributed by atoms with Crippen LogP contribution < -0.4 is 5.32 Å². The van der Waals surface area contributed by atoms with Crippen molar-refractivity contribution < 1.29 is 0 Å². The summed E-state index contributed by atoms with van der Waals surface area (Å²) in [5.74, 6) is 0. The van der Waals surface area contributed by atoms with Gasteiger partial charge in [-0.05, 0) is 37.5 Å². The largest absolute Gasteiger partial charge is 0.385 e. The Morgan fingerprint density at radius 2 is 2.14 bits per heavy atom. The number of unbranched alkanes of at least 4 members (excludes halogenated alkanes) is 1. The first kappa shape index (κ1) is 10.6. The van der Waals surface area contributed by atoms with Crippen LogP contribution in [0.15, 0.2) is 18.2 Å². The van der Waals surface area contributed by atoms with Gasteiger partial charge in [-0.3, -0.25) is 0 Å². The Bertz CT molecular complexity index is 337. The Balaban J connectivity index is 2.51. The Morgan fingerprint density at radius 3 is 2.86 bits per heavy atom. The molecule has 1 aromatic carbocycles. The van der Waals surface area contributed by atoms with Crippen molar-refractivity contribution in [3.63, 3.8) is 0 Å². The average molecular weight is 188 g/mol. The highest BCUT2D eigenvalue weighted by Crippen LogP contribution is 2.17. The lowest BCUT2D eigenvalue weighted by Crippen LogP contribution is -2.03. The maximum atomic E-state index is 8.38. The second kappa shape index (κ2) is 5.29. The van der Waals surface area contributed by atoms with Gasteiger partial charge in [0, 0.05) is 18.7 Å². The molecule has 2 nitrogen and oxygen atoms in total. The van der Waals surface area contributed by atoms with E-state index in [1.807, 2.05) is 0 Å². The molecule has 0 unspecified atom stereocenters. The first-order chi connectivity index (χ1) is 6.75. The highest BCUT2D eigenvalue weighted by atomic mass is 14.9. The molecule has 1 aromatic rings. The summed E-state index contributed by atoms with van der Waals surface area (Å²) in [6.07, 6.45) is 1.53. The van der Waals surface area contributed by atoms with Crippen LogP contribution in [0.2, 0.25) is 0 Å². The Labute approximate surface area is 85.6 Å². The second-order valence-electron chi connectivity index (χ2n) is 3.44. The van der Waals surface area contributed by atoms with E-state index in [1.54, 1.807) is 0 Å². The van der Waals surface area contributed by atoms with Gasteiger partial charge in [-0.25, -0.2) is 0 Å². The Morgan fingerprint density at radius 1 is 1.36 bits per heavy atom. The zero-order valence-electron chi connectivity index (χ0n) is 8.80. The van der Waals surface area contributed by atoms with Crippen molar-refractivity contribution in [2.45, 2.75) is 26.7 Å². The third-order valence-corrected chi connectivity index (χ3v) is 2.39. The van der Waals surface area contributed by atoms with E-state index in [2.05, 4.69) is 43.4 Å². The molecule has 0 aromatic heterocycles. The van der Waals surface area contributed by atoms with Crippen LogP contribution in [-0.4, -0.2) is 6.54 Å². The lowest BCUT2D eigenvalue weighted by atomic mass is 10.1. The average Bonchev–Trinajstić information content (AvgIpc) is 2.19. The third-order valence-electron chi connectivity index (χ3n) is 2.39. The van der Waals surface area contributed by atoms with Gasteiger partial charge >= 0.3 is 0 Å².